The van der Waals surface area contributed by atoms with Crippen LogP contribution in [0.1, 0.15) is 15.9 Å². The summed E-state index contributed by atoms with van der Waals surface area (Å²) in [5.41, 5.74) is 10.4. The minimum atomic E-state index is -0.289. The maximum atomic E-state index is 13.4. The van der Waals surface area contributed by atoms with Crippen LogP contribution in [0, 0.1) is 0 Å². The number of para-hydroxylation sites is 3. The normalized spacial score (nSPS) is 14.5. The Labute approximate surface area is 197 Å². The lowest BCUT2D eigenvalue weighted by Gasteiger charge is -2.26. The summed E-state index contributed by atoms with van der Waals surface area (Å²) in [5, 5.41) is 2.98. The molecule has 0 bridgehead atoms. The average molecular weight is 461 g/mol. The van der Waals surface area contributed by atoms with Crippen molar-refractivity contribution in [3.63, 3.8) is 0 Å². The fourth-order valence-corrected chi connectivity index (χ4v) is 4.35. The van der Waals surface area contributed by atoms with Gasteiger partial charge < -0.3 is 25.1 Å². The fourth-order valence-electron chi connectivity index (χ4n) is 4.35. The van der Waals surface area contributed by atoms with Crippen molar-refractivity contribution in [2.45, 2.75) is 13.1 Å². The Hall–Kier alpha value is -3.69. The van der Waals surface area contributed by atoms with Gasteiger partial charge in [-0.05, 0) is 18.2 Å². The van der Waals surface area contributed by atoms with E-state index in [1.165, 1.54) is 0 Å². The molecule has 1 saturated heterocycles. The number of carbonyl (C=O) groups is 1. The number of hydrogen-bond acceptors (Lipinski definition) is 7. The van der Waals surface area contributed by atoms with Gasteiger partial charge in [-0.25, -0.2) is 9.97 Å². The Morgan fingerprint density at radius 3 is 2.53 bits per heavy atom. The number of morpholine rings is 1. The lowest BCUT2D eigenvalue weighted by atomic mass is 10.2. The van der Waals surface area contributed by atoms with Crippen molar-refractivity contribution >= 4 is 33.9 Å². The van der Waals surface area contributed by atoms with Crippen LogP contribution in [0.5, 0.6) is 5.75 Å². The van der Waals surface area contributed by atoms with Crippen molar-refractivity contribution in [2.75, 3.05) is 45.7 Å². The van der Waals surface area contributed by atoms with Gasteiger partial charge in [0, 0.05) is 38.3 Å². The number of fused-ring (bicyclic) bond motifs is 2. The van der Waals surface area contributed by atoms with E-state index in [0.29, 0.717) is 35.6 Å². The van der Waals surface area contributed by atoms with Crippen molar-refractivity contribution in [3.8, 4) is 5.75 Å². The first kappa shape index (κ1) is 22.1. The fraction of sp³-hybridized carbons (Fsp3) is 0.320. The minimum Gasteiger partial charge on any atom is -0.496 e. The van der Waals surface area contributed by atoms with Gasteiger partial charge in [-0.2, -0.15) is 0 Å². The van der Waals surface area contributed by atoms with E-state index in [2.05, 4.69) is 10.2 Å². The van der Waals surface area contributed by atoms with E-state index in [9.17, 15) is 4.79 Å². The maximum absolute atomic E-state index is 13.4. The number of ether oxygens (including phenoxy) is 2. The van der Waals surface area contributed by atoms with Gasteiger partial charge in [-0.1, -0.05) is 30.3 Å². The van der Waals surface area contributed by atoms with E-state index in [1.807, 2.05) is 53.1 Å². The van der Waals surface area contributed by atoms with Crippen molar-refractivity contribution in [1.29, 1.82) is 0 Å². The van der Waals surface area contributed by atoms with Gasteiger partial charge in [0.05, 0.1) is 31.4 Å². The van der Waals surface area contributed by atoms with E-state index in [1.54, 1.807) is 7.11 Å². The van der Waals surface area contributed by atoms with Gasteiger partial charge in [0.25, 0.3) is 5.91 Å². The smallest absolute Gasteiger partial charge is 0.257 e. The molecule has 0 unspecified atom stereocenters. The van der Waals surface area contributed by atoms with Gasteiger partial charge in [0.2, 0.25) is 0 Å². The summed E-state index contributed by atoms with van der Waals surface area (Å²) in [7, 11) is 1.61. The highest BCUT2D eigenvalue weighted by Gasteiger charge is 2.24. The molecule has 9 nitrogen and oxygen atoms in total. The third-order valence-electron chi connectivity index (χ3n) is 6.19. The second kappa shape index (κ2) is 9.66. The zero-order valence-corrected chi connectivity index (χ0v) is 19.2. The third-order valence-corrected chi connectivity index (χ3v) is 6.19. The molecule has 176 valence electrons. The summed E-state index contributed by atoms with van der Waals surface area (Å²) in [4.78, 5) is 25.3. The number of aromatic nitrogens is 3. The van der Waals surface area contributed by atoms with E-state index >= 15 is 0 Å². The van der Waals surface area contributed by atoms with Crippen LogP contribution in [0.4, 0.5) is 5.82 Å². The van der Waals surface area contributed by atoms with Gasteiger partial charge >= 0.3 is 0 Å². The lowest BCUT2D eigenvalue weighted by Crippen LogP contribution is -2.38. The van der Waals surface area contributed by atoms with E-state index in [4.69, 9.17) is 25.2 Å². The number of nitrogens with one attached hydrogen (secondary N) is 1. The number of carbonyl (C=O) groups excluding carboxylic acids is 1. The summed E-state index contributed by atoms with van der Waals surface area (Å²) in [5.74, 6) is 0.800. The molecular formula is C25H28N6O3. The Kier molecular flexibility index (Phi) is 6.29. The SMILES string of the molecule is COc1ccccc1CNC(=O)c1c(N)n(CCN2CCOCC2)c2nc3ccccc3nc12. The molecule has 1 fully saturated rings. The molecule has 2 aromatic heterocycles. The zero-order valence-electron chi connectivity index (χ0n) is 19.2. The minimum absolute atomic E-state index is 0.289. The molecule has 0 radical (unpaired) electrons. The molecule has 5 rings (SSSR count). The van der Waals surface area contributed by atoms with Crippen LogP contribution in [0.2, 0.25) is 0 Å². The standard InChI is InChI=1S/C25H28N6O3/c1-33-20-9-5-2-6-17(20)16-27-25(32)21-22-24(29-19-8-4-3-7-18(19)28-22)31(23(21)26)11-10-30-12-14-34-15-13-30/h2-9H,10-16,26H2,1H3,(H,27,32). The zero-order chi connectivity index (χ0) is 23.5. The van der Waals surface area contributed by atoms with Gasteiger partial charge in [0.1, 0.15) is 22.6 Å². The summed E-state index contributed by atoms with van der Waals surface area (Å²) < 4.78 is 12.8. The molecule has 1 aliphatic heterocycles. The monoisotopic (exact) mass is 460 g/mol. The molecule has 3 N–H and O–H groups in total. The van der Waals surface area contributed by atoms with Crippen LogP contribution in [0.15, 0.2) is 48.5 Å². The largest absolute Gasteiger partial charge is 0.496 e. The Bertz CT molecular complexity index is 1330. The van der Waals surface area contributed by atoms with Crippen LogP contribution in [-0.4, -0.2) is 65.3 Å². The molecule has 9 heteroatoms. The predicted molar refractivity (Wildman–Crippen MR) is 131 cm³/mol. The molecule has 1 aliphatic rings. The number of rotatable bonds is 7. The number of nitrogens with two attached hydrogens (primary N) is 1. The first-order chi connectivity index (χ1) is 16.7. The first-order valence-electron chi connectivity index (χ1n) is 11.4. The van der Waals surface area contributed by atoms with Gasteiger partial charge in [-0.3, -0.25) is 9.69 Å². The molecule has 1 amide bonds. The number of benzene rings is 2. The van der Waals surface area contributed by atoms with Gasteiger partial charge in [0.15, 0.2) is 5.65 Å². The van der Waals surface area contributed by atoms with Crippen molar-refractivity contribution in [1.82, 2.24) is 24.8 Å². The summed E-state index contributed by atoms with van der Waals surface area (Å²) in [6.07, 6.45) is 0. The third kappa shape index (κ3) is 4.27. The predicted octanol–water partition coefficient (Wildman–Crippen LogP) is 2.44. The Balaban J connectivity index is 1.49. The molecule has 0 atom stereocenters. The topological polar surface area (TPSA) is 108 Å². The molecule has 0 spiro atoms. The van der Waals surface area contributed by atoms with E-state index in [-0.39, 0.29) is 5.91 Å². The highest BCUT2D eigenvalue weighted by molar-refractivity contribution is 6.10. The molecular weight excluding hydrogens is 432 g/mol. The van der Waals surface area contributed by atoms with E-state index in [0.717, 1.165) is 55.2 Å². The summed E-state index contributed by atoms with van der Waals surface area (Å²) >= 11 is 0. The highest BCUT2D eigenvalue weighted by atomic mass is 16.5. The lowest BCUT2D eigenvalue weighted by molar-refractivity contribution is 0.0366. The number of nitrogens with zero attached hydrogens (tertiary/aromatic N) is 4. The Morgan fingerprint density at radius 1 is 1.06 bits per heavy atom. The van der Waals surface area contributed by atoms with E-state index < -0.39 is 0 Å². The Morgan fingerprint density at radius 2 is 1.76 bits per heavy atom. The van der Waals surface area contributed by atoms with Crippen LogP contribution in [0.25, 0.3) is 22.2 Å². The van der Waals surface area contributed by atoms with Gasteiger partial charge in [-0.15, -0.1) is 0 Å². The highest BCUT2D eigenvalue weighted by Crippen LogP contribution is 2.28. The second-order valence-corrected chi connectivity index (χ2v) is 8.24. The van der Waals surface area contributed by atoms with Crippen molar-refractivity contribution in [2.24, 2.45) is 0 Å². The van der Waals surface area contributed by atoms with Crippen LogP contribution in [-0.2, 0) is 17.8 Å². The number of methoxy groups -OCH3 is 1. The quantitative estimate of drug-likeness (QED) is 0.436. The van der Waals surface area contributed by atoms with Crippen LogP contribution < -0.4 is 15.8 Å². The van der Waals surface area contributed by atoms with Crippen LogP contribution in [0.3, 0.4) is 0 Å². The number of anilines is 1. The molecule has 2 aromatic carbocycles. The summed E-state index contributed by atoms with van der Waals surface area (Å²) in [6.45, 7) is 4.90. The molecule has 0 aliphatic carbocycles. The first-order valence-corrected chi connectivity index (χ1v) is 11.4. The summed E-state index contributed by atoms with van der Waals surface area (Å²) in [6, 6.07) is 15.2. The number of nitrogen functional groups attached to an aromatic ring is 1. The number of hydrogen-bond donors (Lipinski definition) is 2. The molecule has 34 heavy (non-hydrogen) atoms. The number of amides is 1. The molecule has 0 saturated carbocycles. The maximum Gasteiger partial charge on any atom is 0.257 e. The molecule has 3 heterocycles. The van der Waals surface area contributed by atoms with Crippen molar-refractivity contribution in [3.05, 3.63) is 59.7 Å². The second-order valence-electron chi connectivity index (χ2n) is 8.24. The van der Waals surface area contributed by atoms with Crippen LogP contribution >= 0.6 is 0 Å². The van der Waals surface area contributed by atoms with Crippen molar-refractivity contribution < 1.29 is 14.3 Å². The molecule has 4 aromatic rings. The average Bonchev–Trinajstić information content (AvgIpc) is 3.15.